The van der Waals surface area contributed by atoms with E-state index in [4.69, 9.17) is 0 Å². The largest absolute Gasteiger partial charge is 0.355 e. The van der Waals surface area contributed by atoms with Crippen LogP contribution in [-0.4, -0.2) is 33.0 Å². The first-order valence-corrected chi connectivity index (χ1v) is 11.2. The van der Waals surface area contributed by atoms with Crippen molar-refractivity contribution in [2.75, 3.05) is 12.3 Å². The summed E-state index contributed by atoms with van der Waals surface area (Å²) in [6.45, 7) is 0.610. The Labute approximate surface area is 186 Å². The van der Waals surface area contributed by atoms with Crippen molar-refractivity contribution in [1.82, 2.24) is 20.1 Å². The molecule has 6 heteroatoms. The van der Waals surface area contributed by atoms with Crippen molar-refractivity contribution in [3.05, 3.63) is 108 Å². The molecule has 0 fully saturated rings. The highest BCUT2D eigenvalue weighted by Gasteiger charge is 2.15. The molecule has 4 aromatic rings. The van der Waals surface area contributed by atoms with Gasteiger partial charge in [0.2, 0.25) is 5.91 Å². The number of nitrogens with one attached hydrogen (secondary N) is 1. The molecule has 3 aromatic carbocycles. The van der Waals surface area contributed by atoms with Crippen molar-refractivity contribution >= 4 is 17.7 Å². The van der Waals surface area contributed by atoms with Crippen molar-refractivity contribution < 1.29 is 4.79 Å². The van der Waals surface area contributed by atoms with Gasteiger partial charge in [-0.3, -0.25) is 9.36 Å². The first-order chi connectivity index (χ1) is 15.3. The zero-order valence-electron chi connectivity index (χ0n) is 17.1. The maximum Gasteiger partial charge on any atom is 0.230 e. The van der Waals surface area contributed by atoms with Gasteiger partial charge in [0, 0.05) is 18.2 Å². The SMILES string of the molecule is O=C(CSc1nncn1-c1ccccc1)NCCC(c1ccccc1)c1ccccc1. The molecule has 0 saturated carbocycles. The van der Waals surface area contributed by atoms with Gasteiger partial charge in [-0.25, -0.2) is 0 Å². The highest BCUT2D eigenvalue weighted by molar-refractivity contribution is 7.99. The van der Waals surface area contributed by atoms with Crippen LogP contribution in [-0.2, 0) is 4.79 Å². The first-order valence-electron chi connectivity index (χ1n) is 10.3. The number of rotatable bonds is 9. The number of hydrogen-bond acceptors (Lipinski definition) is 4. The lowest BCUT2D eigenvalue weighted by Crippen LogP contribution is -2.27. The maximum atomic E-state index is 12.5. The molecule has 0 bridgehead atoms. The van der Waals surface area contributed by atoms with E-state index in [9.17, 15) is 4.79 Å². The van der Waals surface area contributed by atoms with Crippen LogP contribution >= 0.6 is 11.8 Å². The normalized spacial score (nSPS) is 10.9. The summed E-state index contributed by atoms with van der Waals surface area (Å²) < 4.78 is 1.89. The van der Waals surface area contributed by atoms with E-state index in [0.717, 1.165) is 12.1 Å². The van der Waals surface area contributed by atoms with Crippen LogP contribution in [0.15, 0.2) is 102 Å². The second-order valence-corrected chi connectivity index (χ2v) is 8.06. The third-order valence-electron chi connectivity index (χ3n) is 5.04. The lowest BCUT2D eigenvalue weighted by molar-refractivity contribution is -0.118. The van der Waals surface area contributed by atoms with E-state index in [1.54, 1.807) is 6.33 Å². The van der Waals surface area contributed by atoms with Gasteiger partial charge in [-0.1, -0.05) is 90.6 Å². The molecule has 0 atom stereocenters. The van der Waals surface area contributed by atoms with Crippen LogP contribution < -0.4 is 5.32 Å². The van der Waals surface area contributed by atoms with E-state index >= 15 is 0 Å². The fourth-order valence-electron chi connectivity index (χ4n) is 3.52. The number of para-hydroxylation sites is 1. The predicted octanol–water partition coefficient (Wildman–Crippen LogP) is 4.70. The van der Waals surface area contributed by atoms with Gasteiger partial charge >= 0.3 is 0 Å². The monoisotopic (exact) mass is 428 g/mol. The van der Waals surface area contributed by atoms with Gasteiger partial charge in [-0.05, 0) is 29.7 Å². The van der Waals surface area contributed by atoms with Crippen LogP contribution in [0, 0.1) is 0 Å². The molecule has 0 radical (unpaired) electrons. The molecule has 1 amide bonds. The summed E-state index contributed by atoms with van der Waals surface area (Å²) in [7, 11) is 0. The molecule has 156 valence electrons. The third-order valence-corrected chi connectivity index (χ3v) is 5.99. The minimum atomic E-state index is -0.00696. The standard InChI is InChI=1S/C25H24N4OS/c30-24(18-31-25-28-27-19-29(25)22-14-8-3-9-15-22)26-17-16-23(20-10-4-1-5-11-20)21-12-6-2-7-13-21/h1-15,19,23H,16-18H2,(H,26,30). The Morgan fingerprint density at radius 2 is 1.45 bits per heavy atom. The van der Waals surface area contributed by atoms with Crippen molar-refractivity contribution in [3.63, 3.8) is 0 Å². The summed E-state index contributed by atoms with van der Waals surface area (Å²) in [5.41, 5.74) is 3.49. The minimum absolute atomic E-state index is 0.00696. The van der Waals surface area contributed by atoms with E-state index in [1.165, 1.54) is 22.9 Å². The molecule has 1 N–H and O–H groups in total. The number of amides is 1. The average molecular weight is 429 g/mol. The molecular weight excluding hydrogens is 404 g/mol. The van der Waals surface area contributed by atoms with E-state index < -0.39 is 0 Å². The van der Waals surface area contributed by atoms with Crippen LogP contribution in [0.4, 0.5) is 0 Å². The zero-order valence-corrected chi connectivity index (χ0v) is 17.9. The van der Waals surface area contributed by atoms with Crippen molar-refractivity contribution in [1.29, 1.82) is 0 Å². The molecule has 1 aromatic heterocycles. The van der Waals surface area contributed by atoms with Crippen LogP contribution in [0.5, 0.6) is 0 Å². The number of benzene rings is 3. The second-order valence-electron chi connectivity index (χ2n) is 7.12. The Morgan fingerprint density at radius 3 is 2.06 bits per heavy atom. The summed E-state index contributed by atoms with van der Waals surface area (Å²) in [4.78, 5) is 12.5. The Bertz CT molecular complexity index is 1040. The topological polar surface area (TPSA) is 59.8 Å². The van der Waals surface area contributed by atoms with Crippen LogP contribution in [0.1, 0.15) is 23.5 Å². The average Bonchev–Trinajstić information content (AvgIpc) is 3.31. The molecule has 0 unspecified atom stereocenters. The van der Waals surface area contributed by atoms with Crippen LogP contribution in [0.3, 0.4) is 0 Å². The Morgan fingerprint density at radius 1 is 0.871 bits per heavy atom. The lowest BCUT2D eigenvalue weighted by atomic mass is 9.88. The molecule has 1 heterocycles. The number of carbonyl (C=O) groups excluding carboxylic acids is 1. The van der Waals surface area contributed by atoms with Crippen molar-refractivity contribution in [2.45, 2.75) is 17.5 Å². The Hall–Kier alpha value is -3.38. The Kier molecular flexibility index (Phi) is 7.13. The third kappa shape index (κ3) is 5.61. The highest BCUT2D eigenvalue weighted by Crippen LogP contribution is 2.27. The van der Waals surface area contributed by atoms with E-state index in [-0.39, 0.29) is 11.8 Å². The predicted molar refractivity (Wildman–Crippen MR) is 124 cm³/mol. The molecular formula is C25H24N4OS. The van der Waals surface area contributed by atoms with Gasteiger partial charge in [0.25, 0.3) is 0 Å². The summed E-state index contributed by atoms with van der Waals surface area (Å²) >= 11 is 1.39. The summed E-state index contributed by atoms with van der Waals surface area (Å²) in [5.74, 6) is 0.538. The van der Waals surface area contributed by atoms with Crippen molar-refractivity contribution in [2.24, 2.45) is 0 Å². The molecule has 4 rings (SSSR count). The number of aromatic nitrogens is 3. The van der Waals surface area contributed by atoms with Crippen LogP contribution in [0.25, 0.3) is 5.69 Å². The molecule has 0 spiro atoms. The number of carbonyl (C=O) groups is 1. The molecule has 0 aliphatic carbocycles. The molecule has 0 saturated heterocycles. The van der Waals surface area contributed by atoms with Gasteiger partial charge in [0.15, 0.2) is 5.16 Å². The number of thioether (sulfide) groups is 1. The van der Waals surface area contributed by atoms with Crippen molar-refractivity contribution in [3.8, 4) is 5.69 Å². The van der Waals surface area contributed by atoms with Gasteiger partial charge in [0.05, 0.1) is 5.75 Å². The smallest absolute Gasteiger partial charge is 0.230 e. The van der Waals surface area contributed by atoms with E-state index in [2.05, 4.69) is 64.0 Å². The fraction of sp³-hybridized carbons (Fsp3) is 0.160. The fourth-order valence-corrected chi connectivity index (χ4v) is 4.28. The molecule has 5 nitrogen and oxygen atoms in total. The highest BCUT2D eigenvalue weighted by atomic mass is 32.2. The zero-order chi connectivity index (χ0) is 21.3. The molecule has 0 aliphatic heterocycles. The van der Waals surface area contributed by atoms with Gasteiger partial charge in [0.1, 0.15) is 6.33 Å². The Balaban J connectivity index is 1.32. The number of hydrogen-bond donors (Lipinski definition) is 1. The lowest BCUT2D eigenvalue weighted by Gasteiger charge is -2.18. The van der Waals surface area contributed by atoms with Gasteiger partial charge < -0.3 is 5.32 Å². The summed E-state index contributed by atoms with van der Waals surface area (Å²) in [6, 6.07) is 30.7. The van der Waals surface area contributed by atoms with E-state index in [0.29, 0.717) is 17.5 Å². The summed E-state index contributed by atoms with van der Waals surface area (Å²) in [5, 5.41) is 11.9. The molecule has 31 heavy (non-hydrogen) atoms. The summed E-state index contributed by atoms with van der Waals surface area (Å²) in [6.07, 6.45) is 2.50. The molecule has 0 aliphatic rings. The minimum Gasteiger partial charge on any atom is -0.355 e. The van der Waals surface area contributed by atoms with Crippen LogP contribution in [0.2, 0.25) is 0 Å². The maximum absolute atomic E-state index is 12.5. The second kappa shape index (κ2) is 10.6. The van der Waals surface area contributed by atoms with E-state index in [1.807, 2.05) is 47.0 Å². The van der Waals surface area contributed by atoms with Gasteiger partial charge in [-0.2, -0.15) is 0 Å². The number of nitrogens with zero attached hydrogens (tertiary/aromatic N) is 3. The quantitative estimate of drug-likeness (QED) is 0.393. The first kappa shape index (κ1) is 20.9. The van der Waals surface area contributed by atoms with Gasteiger partial charge in [-0.15, -0.1) is 10.2 Å².